The molecule has 76 valence electrons. The van der Waals surface area contributed by atoms with Crippen LogP contribution in [0, 0.1) is 0 Å². The number of alkyl halides is 1. The van der Waals surface area contributed by atoms with Crippen molar-refractivity contribution >= 4 is 5.97 Å². The van der Waals surface area contributed by atoms with Crippen molar-refractivity contribution < 1.29 is 19.0 Å². The van der Waals surface area contributed by atoms with Crippen LogP contribution in [-0.2, 0) is 4.74 Å². The Hall–Kier alpha value is -1.49. The molecule has 0 saturated carbocycles. The molecular formula is C9H10FNO3. The Morgan fingerprint density at radius 1 is 1.71 bits per heavy atom. The maximum atomic E-state index is 12.0. The summed E-state index contributed by atoms with van der Waals surface area (Å²) in [5, 5.41) is 9.06. The van der Waals surface area contributed by atoms with Crippen molar-refractivity contribution in [1.29, 1.82) is 0 Å². The second-order valence-corrected chi connectivity index (χ2v) is 2.63. The first kappa shape index (κ1) is 10.6. The smallest absolute Gasteiger partial charge is 0.339 e. The fraction of sp³-hybridized carbons (Fsp3) is 0.333. The largest absolute Gasteiger partial charge is 0.465 e. The second-order valence-electron chi connectivity index (χ2n) is 2.63. The molecule has 0 aromatic carbocycles. The second kappa shape index (κ2) is 4.66. The van der Waals surface area contributed by atoms with Crippen molar-refractivity contribution in [2.45, 2.75) is 6.10 Å². The van der Waals surface area contributed by atoms with Crippen LogP contribution in [0.15, 0.2) is 18.3 Å². The van der Waals surface area contributed by atoms with Crippen LogP contribution in [-0.4, -0.2) is 29.8 Å². The Morgan fingerprint density at radius 3 is 2.86 bits per heavy atom. The number of ether oxygens (including phenoxy) is 1. The van der Waals surface area contributed by atoms with Crippen molar-refractivity contribution in [3.05, 3.63) is 29.6 Å². The van der Waals surface area contributed by atoms with Crippen LogP contribution in [0.25, 0.3) is 0 Å². The van der Waals surface area contributed by atoms with Crippen molar-refractivity contribution in [2.75, 3.05) is 13.8 Å². The summed E-state index contributed by atoms with van der Waals surface area (Å²) < 4.78 is 16.5. The molecule has 0 bridgehead atoms. The monoisotopic (exact) mass is 199 g/mol. The van der Waals surface area contributed by atoms with E-state index in [2.05, 4.69) is 9.72 Å². The fourth-order valence-electron chi connectivity index (χ4n) is 0.920. The highest BCUT2D eigenvalue weighted by Crippen LogP contribution is 2.11. The van der Waals surface area contributed by atoms with Crippen LogP contribution in [0.3, 0.4) is 0 Å². The van der Waals surface area contributed by atoms with Gasteiger partial charge < -0.3 is 9.84 Å². The Labute approximate surface area is 80.3 Å². The first-order valence-corrected chi connectivity index (χ1v) is 3.97. The highest BCUT2D eigenvalue weighted by Gasteiger charge is 2.10. The Balaban J connectivity index is 2.83. The topological polar surface area (TPSA) is 59.4 Å². The predicted molar refractivity (Wildman–Crippen MR) is 46.5 cm³/mol. The summed E-state index contributed by atoms with van der Waals surface area (Å²) in [6.07, 6.45) is 0.00162. The molecule has 0 aliphatic heterocycles. The quantitative estimate of drug-likeness (QED) is 0.734. The number of halogens is 1. The molecule has 1 aromatic rings. The van der Waals surface area contributed by atoms with E-state index in [-0.39, 0.29) is 11.3 Å². The number of carbonyl (C=O) groups excluding carboxylic acids is 1. The minimum Gasteiger partial charge on any atom is -0.465 e. The summed E-state index contributed by atoms with van der Waals surface area (Å²) >= 11 is 0. The molecule has 1 aromatic heterocycles. The highest BCUT2D eigenvalue weighted by molar-refractivity contribution is 5.88. The molecule has 0 aliphatic rings. The van der Waals surface area contributed by atoms with Gasteiger partial charge in [0, 0.05) is 6.20 Å². The van der Waals surface area contributed by atoms with Gasteiger partial charge in [0.2, 0.25) is 0 Å². The van der Waals surface area contributed by atoms with Gasteiger partial charge in [0.15, 0.2) is 0 Å². The molecule has 5 heteroatoms. The summed E-state index contributed by atoms with van der Waals surface area (Å²) in [5.41, 5.74) is 0.461. The van der Waals surface area contributed by atoms with E-state index >= 15 is 0 Å². The van der Waals surface area contributed by atoms with Gasteiger partial charge >= 0.3 is 5.97 Å². The van der Waals surface area contributed by atoms with Gasteiger partial charge in [-0.1, -0.05) is 0 Å². The number of methoxy groups -OCH3 is 1. The molecule has 1 atom stereocenters. The number of hydrogen-bond acceptors (Lipinski definition) is 4. The van der Waals surface area contributed by atoms with E-state index in [1.54, 1.807) is 0 Å². The molecule has 0 radical (unpaired) electrons. The van der Waals surface area contributed by atoms with E-state index in [4.69, 9.17) is 5.11 Å². The molecule has 0 aliphatic carbocycles. The van der Waals surface area contributed by atoms with Crippen LogP contribution in [0.4, 0.5) is 4.39 Å². The molecule has 1 rings (SSSR count). The number of rotatable bonds is 3. The van der Waals surface area contributed by atoms with Gasteiger partial charge in [-0.3, -0.25) is 4.98 Å². The van der Waals surface area contributed by atoms with Gasteiger partial charge in [0.25, 0.3) is 0 Å². The van der Waals surface area contributed by atoms with E-state index in [0.29, 0.717) is 0 Å². The standard InChI is InChI=1S/C9H10FNO3/c1-14-9(13)6-2-3-7(11-5-6)8(12)4-10/h2-3,5,8,12H,4H2,1H3. The first-order chi connectivity index (χ1) is 6.69. The number of carbonyl (C=O) groups is 1. The van der Waals surface area contributed by atoms with E-state index in [1.807, 2.05) is 0 Å². The molecule has 0 saturated heterocycles. The van der Waals surface area contributed by atoms with Gasteiger partial charge in [0.05, 0.1) is 18.4 Å². The maximum Gasteiger partial charge on any atom is 0.339 e. The van der Waals surface area contributed by atoms with E-state index < -0.39 is 18.7 Å². The number of pyridine rings is 1. The van der Waals surface area contributed by atoms with Gasteiger partial charge in [-0.25, -0.2) is 9.18 Å². The number of hydrogen-bond donors (Lipinski definition) is 1. The van der Waals surface area contributed by atoms with Crippen LogP contribution in [0.5, 0.6) is 0 Å². The molecule has 0 amide bonds. The first-order valence-electron chi connectivity index (χ1n) is 3.97. The van der Waals surface area contributed by atoms with Gasteiger partial charge in [-0.15, -0.1) is 0 Å². The lowest BCUT2D eigenvalue weighted by Crippen LogP contribution is -2.05. The average Bonchev–Trinajstić information content (AvgIpc) is 2.27. The third kappa shape index (κ3) is 2.26. The van der Waals surface area contributed by atoms with Crippen LogP contribution in [0.1, 0.15) is 22.2 Å². The Morgan fingerprint density at radius 2 is 2.43 bits per heavy atom. The molecule has 1 unspecified atom stereocenters. The highest BCUT2D eigenvalue weighted by atomic mass is 19.1. The third-order valence-electron chi connectivity index (χ3n) is 1.70. The van der Waals surface area contributed by atoms with Crippen molar-refractivity contribution in [3.63, 3.8) is 0 Å². The summed E-state index contributed by atoms with van der Waals surface area (Å²) in [5.74, 6) is -0.515. The molecule has 14 heavy (non-hydrogen) atoms. The summed E-state index contributed by atoms with van der Waals surface area (Å²) in [4.78, 5) is 14.7. The number of esters is 1. The number of aliphatic hydroxyl groups excluding tert-OH is 1. The normalized spacial score (nSPS) is 12.2. The Bertz CT molecular complexity index is 312. The summed E-state index contributed by atoms with van der Waals surface area (Å²) in [6.45, 7) is -0.898. The van der Waals surface area contributed by atoms with Gasteiger partial charge in [-0.2, -0.15) is 0 Å². The Kier molecular flexibility index (Phi) is 3.53. The molecular weight excluding hydrogens is 189 g/mol. The lowest BCUT2D eigenvalue weighted by atomic mass is 10.2. The van der Waals surface area contributed by atoms with Crippen molar-refractivity contribution in [1.82, 2.24) is 4.98 Å². The van der Waals surface area contributed by atoms with Crippen molar-refractivity contribution in [2.24, 2.45) is 0 Å². The molecule has 4 nitrogen and oxygen atoms in total. The van der Waals surface area contributed by atoms with E-state index in [9.17, 15) is 9.18 Å². The molecule has 1 heterocycles. The minimum atomic E-state index is -1.23. The van der Waals surface area contributed by atoms with Crippen LogP contribution < -0.4 is 0 Å². The zero-order chi connectivity index (χ0) is 10.6. The number of aromatic nitrogens is 1. The molecule has 1 N–H and O–H groups in total. The lowest BCUT2D eigenvalue weighted by molar-refractivity contribution is 0.0600. The molecule has 0 fully saturated rings. The van der Waals surface area contributed by atoms with Crippen molar-refractivity contribution in [3.8, 4) is 0 Å². The summed E-state index contributed by atoms with van der Waals surface area (Å²) in [7, 11) is 1.26. The number of aliphatic hydroxyl groups is 1. The molecule has 0 spiro atoms. The summed E-state index contributed by atoms with van der Waals surface area (Å²) in [6, 6.07) is 2.81. The number of nitrogens with zero attached hydrogens (tertiary/aromatic N) is 1. The fourth-order valence-corrected chi connectivity index (χ4v) is 0.920. The SMILES string of the molecule is COC(=O)c1ccc(C(O)CF)nc1. The van der Waals surface area contributed by atoms with Gasteiger partial charge in [-0.05, 0) is 12.1 Å². The zero-order valence-corrected chi connectivity index (χ0v) is 7.61. The predicted octanol–water partition coefficient (Wildman–Crippen LogP) is 0.871. The zero-order valence-electron chi connectivity index (χ0n) is 7.61. The minimum absolute atomic E-state index is 0.195. The van der Waals surface area contributed by atoms with E-state index in [1.165, 1.54) is 25.4 Å². The maximum absolute atomic E-state index is 12.0. The lowest BCUT2D eigenvalue weighted by Gasteiger charge is -2.05. The average molecular weight is 199 g/mol. The van der Waals surface area contributed by atoms with E-state index in [0.717, 1.165) is 0 Å². The van der Waals surface area contributed by atoms with Gasteiger partial charge in [0.1, 0.15) is 12.8 Å². The van der Waals surface area contributed by atoms with Crippen LogP contribution in [0.2, 0.25) is 0 Å². The third-order valence-corrected chi connectivity index (χ3v) is 1.70. The van der Waals surface area contributed by atoms with Crippen LogP contribution >= 0.6 is 0 Å².